The Hall–Kier alpha value is -3.08. The SMILES string of the molecule is O=C(CN1CCN(S(=O)(=O)c2ccc3c(c2)OCCO3)CC1)NCCc1c[nH]c2ccccc12. The molecular formula is C24H28N4O5S. The summed E-state index contributed by atoms with van der Waals surface area (Å²) in [7, 11) is -3.64. The molecule has 0 radical (unpaired) electrons. The lowest BCUT2D eigenvalue weighted by Crippen LogP contribution is -2.51. The topological polar surface area (TPSA) is 104 Å². The summed E-state index contributed by atoms with van der Waals surface area (Å²) in [5, 5.41) is 4.15. The van der Waals surface area contributed by atoms with Gasteiger partial charge in [-0.1, -0.05) is 18.2 Å². The molecule has 9 nitrogen and oxygen atoms in total. The molecule has 1 fully saturated rings. The minimum absolute atomic E-state index is 0.0528. The van der Waals surface area contributed by atoms with Crippen molar-refractivity contribution in [2.45, 2.75) is 11.3 Å². The third-order valence-corrected chi connectivity index (χ3v) is 8.14. The molecule has 3 heterocycles. The Kier molecular flexibility index (Phi) is 6.44. The van der Waals surface area contributed by atoms with Crippen molar-refractivity contribution in [3.63, 3.8) is 0 Å². The summed E-state index contributed by atoms with van der Waals surface area (Å²) in [4.78, 5) is 17.8. The fraction of sp³-hybridized carbons (Fsp3) is 0.375. The van der Waals surface area contributed by atoms with Crippen LogP contribution in [0.2, 0.25) is 0 Å². The van der Waals surface area contributed by atoms with Gasteiger partial charge in [0.1, 0.15) is 13.2 Å². The van der Waals surface area contributed by atoms with E-state index in [1.165, 1.54) is 21.3 Å². The highest BCUT2D eigenvalue weighted by molar-refractivity contribution is 7.89. The molecule has 180 valence electrons. The van der Waals surface area contributed by atoms with Crippen LogP contribution in [0, 0.1) is 0 Å². The number of aromatic nitrogens is 1. The van der Waals surface area contributed by atoms with Gasteiger partial charge in [0.25, 0.3) is 0 Å². The Bertz CT molecular complexity index is 1280. The van der Waals surface area contributed by atoms with E-state index in [9.17, 15) is 13.2 Å². The molecule has 2 aliphatic heterocycles. The Morgan fingerprint density at radius 1 is 1.00 bits per heavy atom. The van der Waals surface area contributed by atoms with Crippen molar-refractivity contribution in [2.24, 2.45) is 0 Å². The maximum absolute atomic E-state index is 13.1. The molecule has 0 spiro atoms. The van der Waals surface area contributed by atoms with Crippen LogP contribution in [0.5, 0.6) is 11.5 Å². The average Bonchev–Trinajstić information content (AvgIpc) is 3.27. The lowest BCUT2D eigenvalue weighted by atomic mass is 10.1. The summed E-state index contributed by atoms with van der Waals surface area (Å²) >= 11 is 0. The highest BCUT2D eigenvalue weighted by Gasteiger charge is 2.30. The van der Waals surface area contributed by atoms with E-state index in [1.807, 2.05) is 29.3 Å². The summed E-state index contributed by atoms with van der Waals surface area (Å²) < 4.78 is 38.6. The van der Waals surface area contributed by atoms with Gasteiger partial charge in [-0.15, -0.1) is 0 Å². The van der Waals surface area contributed by atoms with Crippen LogP contribution in [-0.2, 0) is 21.2 Å². The molecule has 0 saturated carbocycles. The van der Waals surface area contributed by atoms with Crippen molar-refractivity contribution in [2.75, 3.05) is 52.5 Å². The largest absolute Gasteiger partial charge is 0.486 e. The molecule has 10 heteroatoms. The van der Waals surface area contributed by atoms with Crippen LogP contribution in [-0.4, -0.2) is 81.0 Å². The average molecular weight is 485 g/mol. The van der Waals surface area contributed by atoms with E-state index in [-0.39, 0.29) is 17.3 Å². The van der Waals surface area contributed by atoms with Gasteiger partial charge in [-0.25, -0.2) is 8.42 Å². The first-order valence-corrected chi connectivity index (χ1v) is 12.9. The van der Waals surface area contributed by atoms with E-state index in [1.54, 1.807) is 12.1 Å². The molecular weight excluding hydrogens is 456 g/mol. The zero-order valence-corrected chi connectivity index (χ0v) is 19.6. The normalized spacial score (nSPS) is 17.1. The van der Waals surface area contributed by atoms with Crippen LogP contribution in [0.4, 0.5) is 0 Å². The van der Waals surface area contributed by atoms with Crippen molar-refractivity contribution in [3.05, 3.63) is 54.2 Å². The molecule has 1 aromatic heterocycles. The lowest BCUT2D eigenvalue weighted by Gasteiger charge is -2.33. The fourth-order valence-electron chi connectivity index (χ4n) is 4.40. The maximum Gasteiger partial charge on any atom is 0.243 e. The summed E-state index contributed by atoms with van der Waals surface area (Å²) in [5.74, 6) is 0.962. The number of hydrogen-bond acceptors (Lipinski definition) is 6. The number of aromatic amines is 1. The van der Waals surface area contributed by atoms with Crippen molar-refractivity contribution < 1.29 is 22.7 Å². The van der Waals surface area contributed by atoms with Gasteiger partial charge in [-0.3, -0.25) is 9.69 Å². The number of carbonyl (C=O) groups excluding carboxylic acids is 1. The number of carbonyl (C=O) groups is 1. The quantitative estimate of drug-likeness (QED) is 0.528. The summed E-state index contributed by atoms with van der Waals surface area (Å²) in [5.41, 5.74) is 2.27. The number of benzene rings is 2. The first-order valence-electron chi connectivity index (χ1n) is 11.4. The number of nitrogens with one attached hydrogen (secondary N) is 2. The van der Waals surface area contributed by atoms with Crippen LogP contribution in [0.15, 0.2) is 53.6 Å². The summed E-state index contributed by atoms with van der Waals surface area (Å²) in [6.07, 6.45) is 2.73. The Labute approximate surface area is 198 Å². The zero-order chi connectivity index (χ0) is 23.5. The van der Waals surface area contributed by atoms with Gasteiger partial charge < -0.3 is 19.8 Å². The Morgan fingerprint density at radius 3 is 2.59 bits per heavy atom. The number of piperazine rings is 1. The number of rotatable bonds is 7. The van der Waals surface area contributed by atoms with E-state index in [0.29, 0.717) is 57.4 Å². The fourth-order valence-corrected chi connectivity index (χ4v) is 5.83. The molecule has 0 atom stereocenters. The highest BCUT2D eigenvalue weighted by atomic mass is 32.2. The number of sulfonamides is 1. The van der Waals surface area contributed by atoms with Crippen LogP contribution >= 0.6 is 0 Å². The first-order chi connectivity index (χ1) is 16.5. The summed E-state index contributed by atoms with van der Waals surface area (Å²) in [6, 6.07) is 12.8. The van der Waals surface area contributed by atoms with Crippen molar-refractivity contribution in [3.8, 4) is 11.5 Å². The molecule has 5 rings (SSSR count). The van der Waals surface area contributed by atoms with Gasteiger partial charge in [0.2, 0.25) is 15.9 Å². The van der Waals surface area contributed by atoms with Gasteiger partial charge in [-0.2, -0.15) is 4.31 Å². The van der Waals surface area contributed by atoms with Crippen molar-refractivity contribution >= 4 is 26.8 Å². The Morgan fingerprint density at radius 2 is 1.76 bits per heavy atom. The second-order valence-electron chi connectivity index (χ2n) is 8.45. The van der Waals surface area contributed by atoms with Gasteiger partial charge in [-0.05, 0) is 30.2 Å². The molecule has 0 bridgehead atoms. The van der Waals surface area contributed by atoms with Crippen LogP contribution in [0.1, 0.15) is 5.56 Å². The third kappa shape index (κ3) is 4.75. The van der Waals surface area contributed by atoms with E-state index in [4.69, 9.17) is 9.47 Å². The van der Waals surface area contributed by atoms with Gasteiger partial charge in [0.05, 0.1) is 11.4 Å². The predicted octanol–water partition coefficient (Wildman–Crippen LogP) is 1.60. The van der Waals surface area contributed by atoms with Crippen molar-refractivity contribution in [1.29, 1.82) is 0 Å². The maximum atomic E-state index is 13.1. The minimum atomic E-state index is -3.64. The van der Waals surface area contributed by atoms with Crippen molar-refractivity contribution in [1.82, 2.24) is 19.5 Å². The Balaban J connectivity index is 1.10. The number of ether oxygens (including phenoxy) is 2. The highest BCUT2D eigenvalue weighted by Crippen LogP contribution is 2.33. The number of nitrogens with zero attached hydrogens (tertiary/aromatic N) is 2. The number of fused-ring (bicyclic) bond motifs is 2. The third-order valence-electron chi connectivity index (χ3n) is 6.24. The van der Waals surface area contributed by atoms with E-state index in [0.717, 1.165) is 11.9 Å². The molecule has 34 heavy (non-hydrogen) atoms. The minimum Gasteiger partial charge on any atom is -0.486 e. The van der Waals surface area contributed by atoms with E-state index in [2.05, 4.69) is 16.4 Å². The molecule has 0 aliphatic carbocycles. The second-order valence-corrected chi connectivity index (χ2v) is 10.4. The number of H-pyrrole nitrogens is 1. The number of hydrogen-bond donors (Lipinski definition) is 2. The standard InChI is InChI=1S/C24H28N4O5S/c29-24(25-8-7-18-16-26-21-4-2-1-3-20(18)21)17-27-9-11-28(12-10-27)34(30,31)19-5-6-22-23(15-19)33-14-13-32-22/h1-6,15-16,26H,7-14,17H2,(H,25,29). The molecule has 2 aliphatic rings. The predicted molar refractivity (Wildman–Crippen MR) is 128 cm³/mol. The van der Waals surface area contributed by atoms with Crippen LogP contribution in [0.3, 0.4) is 0 Å². The van der Waals surface area contributed by atoms with E-state index >= 15 is 0 Å². The molecule has 2 N–H and O–H groups in total. The number of amides is 1. The summed E-state index contributed by atoms with van der Waals surface area (Å²) in [6.45, 7) is 3.33. The molecule has 1 amide bonds. The molecule has 2 aromatic carbocycles. The van der Waals surface area contributed by atoms with Crippen LogP contribution < -0.4 is 14.8 Å². The smallest absolute Gasteiger partial charge is 0.243 e. The van der Waals surface area contributed by atoms with Gasteiger partial charge >= 0.3 is 0 Å². The number of para-hydroxylation sites is 1. The van der Waals surface area contributed by atoms with Gasteiger partial charge in [0, 0.05) is 55.9 Å². The first kappa shape index (κ1) is 22.7. The lowest BCUT2D eigenvalue weighted by molar-refractivity contribution is -0.122. The molecule has 3 aromatic rings. The zero-order valence-electron chi connectivity index (χ0n) is 18.8. The van der Waals surface area contributed by atoms with Crippen LogP contribution in [0.25, 0.3) is 10.9 Å². The monoisotopic (exact) mass is 484 g/mol. The second kappa shape index (κ2) is 9.65. The van der Waals surface area contributed by atoms with E-state index < -0.39 is 10.0 Å². The molecule has 0 unspecified atom stereocenters. The molecule has 1 saturated heterocycles. The van der Waals surface area contributed by atoms with Gasteiger partial charge in [0.15, 0.2) is 11.5 Å².